The Kier molecular flexibility index (Phi) is 7.78. The highest BCUT2D eigenvalue weighted by atomic mass is 32.1. The van der Waals surface area contributed by atoms with Gasteiger partial charge < -0.3 is 19.9 Å². The van der Waals surface area contributed by atoms with Gasteiger partial charge in [0.25, 0.3) is 5.91 Å². The Bertz CT molecular complexity index is 1070. The second kappa shape index (κ2) is 10.7. The number of piperazine rings is 1. The molecule has 1 heterocycles. The molecule has 10 nitrogen and oxygen atoms in total. The van der Waals surface area contributed by atoms with Crippen molar-refractivity contribution in [2.75, 3.05) is 43.5 Å². The minimum atomic E-state index is -0.615. The molecule has 1 saturated heterocycles. The highest BCUT2D eigenvalue weighted by Gasteiger charge is 2.22. The van der Waals surface area contributed by atoms with Crippen LogP contribution < -0.4 is 20.3 Å². The van der Waals surface area contributed by atoms with Gasteiger partial charge in [-0.1, -0.05) is 19.1 Å². The lowest BCUT2D eigenvalue weighted by Gasteiger charge is -2.37. The van der Waals surface area contributed by atoms with Gasteiger partial charge in [-0.25, -0.2) is 0 Å². The monoisotopic (exact) mass is 471 g/mol. The van der Waals surface area contributed by atoms with Crippen molar-refractivity contribution in [3.8, 4) is 5.75 Å². The van der Waals surface area contributed by atoms with E-state index in [-0.39, 0.29) is 28.0 Å². The third-order valence-electron chi connectivity index (χ3n) is 5.29. The van der Waals surface area contributed by atoms with E-state index in [1.54, 1.807) is 0 Å². The number of carbonyl (C=O) groups excluding carboxylic acids is 2. The Morgan fingerprint density at radius 3 is 2.48 bits per heavy atom. The first-order valence-electron chi connectivity index (χ1n) is 10.4. The Morgan fingerprint density at radius 2 is 1.85 bits per heavy atom. The molecule has 0 radical (unpaired) electrons. The van der Waals surface area contributed by atoms with E-state index in [0.717, 1.165) is 11.8 Å². The van der Waals surface area contributed by atoms with Crippen molar-refractivity contribution < 1.29 is 19.2 Å². The maximum Gasteiger partial charge on any atom is 0.311 e. The first-order chi connectivity index (χ1) is 15.8. The smallest absolute Gasteiger partial charge is 0.311 e. The molecule has 2 aromatic carbocycles. The molecule has 0 unspecified atom stereocenters. The number of hydrogen-bond donors (Lipinski definition) is 2. The van der Waals surface area contributed by atoms with Crippen LogP contribution in [0, 0.1) is 10.1 Å². The number of nitrogens with one attached hydrogen (secondary N) is 2. The number of carbonyl (C=O) groups is 2. The largest absolute Gasteiger partial charge is 0.490 e. The summed E-state index contributed by atoms with van der Waals surface area (Å²) in [7, 11) is 1.32. The van der Waals surface area contributed by atoms with Gasteiger partial charge in [0, 0.05) is 44.2 Å². The molecule has 0 aromatic heterocycles. The van der Waals surface area contributed by atoms with Gasteiger partial charge in [-0.3, -0.25) is 25.0 Å². The van der Waals surface area contributed by atoms with E-state index in [1.807, 2.05) is 36.1 Å². The van der Waals surface area contributed by atoms with E-state index in [4.69, 9.17) is 17.0 Å². The summed E-state index contributed by atoms with van der Waals surface area (Å²) >= 11 is 5.30. The highest BCUT2D eigenvalue weighted by molar-refractivity contribution is 7.80. The standard InChI is InChI=1S/C22H25N5O5S/c1-3-20(28)26-12-10-25(11-13-26)17-7-5-4-6-16(17)23-22(33)24-21(29)15-8-9-19(32-2)18(14-15)27(30)31/h4-9,14H,3,10-13H2,1-2H3,(H2,23,24,29,33). The number of nitrogens with zero attached hydrogens (tertiary/aromatic N) is 3. The fraction of sp³-hybridized carbons (Fsp3) is 0.318. The molecular weight excluding hydrogens is 446 g/mol. The van der Waals surface area contributed by atoms with Gasteiger partial charge in [-0.05, 0) is 36.5 Å². The highest BCUT2D eigenvalue weighted by Crippen LogP contribution is 2.28. The third kappa shape index (κ3) is 5.75. The fourth-order valence-electron chi connectivity index (χ4n) is 3.58. The van der Waals surface area contributed by atoms with Crippen molar-refractivity contribution in [3.63, 3.8) is 0 Å². The zero-order valence-corrected chi connectivity index (χ0v) is 19.2. The van der Waals surface area contributed by atoms with E-state index in [2.05, 4.69) is 15.5 Å². The van der Waals surface area contributed by atoms with E-state index in [0.29, 0.717) is 38.3 Å². The predicted molar refractivity (Wildman–Crippen MR) is 129 cm³/mol. The minimum absolute atomic E-state index is 0.0608. The molecule has 2 aromatic rings. The van der Waals surface area contributed by atoms with Crippen LogP contribution in [0.2, 0.25) is 0 Å². The summed E-state index contributed by atoms with van der Waals surface area (Å²) in [4.78, 5) is 39.1. The number of anilines is 2. The number of rotatable bonds is 6. The van der Waals surface area contributed by atoms with Crippen molar-refractivity contribution in [1.29, 1.82) is 0 Å². The molecule has 1 aliphatic rings. The zero-order chi connectivity index (χ0) is 24.0. The van der Waals surface area contributed by atoms with Gasteiger partial charge in [0.1, 0.15) is 0 Å². The zero-order valence-electron chi connectivity index (χ0n) is 18.4. The first kappa shape index (κ1) is 23.9. The molecule has 0 bridgehead atoms. The average Bonchev–Trinajstić information content (AvgIpc) is 2.83. The summed E-state index contributed by atoms with van der Waals surface area (Å²) in [6.45, 7) is 4.49. The topological polar surface area (TPSA) is 117 Å². The molecule has 0 spiro atoms. The summed E-state index contributed by atoms with van der Waals surface area (Å²) in [5.74, 6) is -0.377. The molecule has 1 aliphatic heterocycles. The lowest BCUT2D eigenvalue weighted by atomic mass is 10.1. The maximum absolute atomic E-state index is 12.6. The van der Waals surface area contributed by atoms with Crippen molar-refractivity contribution in [1.82, 2.24) is 10.2 Å². The van der Waals surface area contributed by atoms with Crippen LogP contribution in [-0.4, -0.2) is 60.0 Å². The fourth-order valence-corrected chi connectivity index (χ4v) is 3.78. The van der Waals surface area contributed by atoms with E-state index >= 15 is 0 Å². The predicted octanol–water partition coefficient (Wildman–Crippen LogP) is 2.79. The van der Waals surface area contributed by atoms with Crippen LogP contribution in [0.25, 0.3) is 0 Å². The Labute approximate surface area is 196 Å². The van der Waals surface area contributed by atoms with Crippen LogP contribution in [0.4, 0.5) is 17.1 Å². The van der Waals surface area contributed by atoms with Gasteiger partial charge in [0.05, 0.1) is 23.4 Å². The lowest BCUT2D eigenvalue weighted by molar-refractivity contribution is -0.385. The SMILES string of the molecule is CCC(=O)N1CCN(c2ccccc2NC(=S)NC(=O)c2ccc(OC)c([N+](=O)[O-])c2)CC1. The summed E-state index contributed by atoms with van der Waals surface area (Å²) in [5, 5.41) is 16.9. The van der Waals surface area contributed by atoms with Crippen LogP contribution in [0.3, 0.4) is 0 Å². The van der Waals surface area contributed by atoms with Crippen molar-refractivity contribution in [3.05, 3.63) is 58.1 Å². The molecular formula is C22H25N5O5S. The number of para-hydroxylation sites is 2. The average molecular weight is 472 g/mol. The maximum atomic E-state index is 12.6. The molecule has 0 atom stereocenters. The van der Waals surface area contributed by atoms with Crippen LogP contribution in [0.5, 0.6) is 5.75 Å². The summed E-state index contributed by atoms with van der Waals surface area (Å²) in [6, 6.07) is 11.5. The molecule has 2 N–H and O–H groups in total. The van der Waals surface area contributed by atoms with Crippen molar-refractivity contribution in [2.24, 2.45) is 0 Å². The van der Waals surface area contributed by atoms with Gasteiger partial charge in [0.15, 0.2) is 10.9 Å². The molecule has 2 amide bonds. The van der Waals surface area contributed by atoms with Crippen LogP contribution in [-0.2, 0) is 4.79 Å². The van der Waals surface area contributed by atoms with E-state index < -0.39 is 10.8 Å². The van der Waals surface area contributed by atoms with Gasteiger partial charge in [0.2, 0.25) is 5.91 Å². The van der Waals surface area contributed by atoms with Gasteiger partial charge in [-0.15, -0.1) is 0 Å². The molecule has 0 saturated carbocycles. The van der Waals surface area contributed by atoms with Crippen LogP contribution >= 0.6 is 12.2 Å². The number of benzene rings is 2. The molecule has 1 fully saturated rings. The lowest BCUT2D eigenvalue weighted by Crippen LogP contribution is -2.48. The molecule has 3 rings (SSSR count). The van der Waals surface area contributed by atoms with Crippen LogP contribution in [0.1, 0.15) is 23.7 Å². The number of ether oxygens (including phenoxy) is 1. The second-order valence-electron chi connectivity index (χ2n) is 7.29. The number of nitro benzene ring substituents is 1. The van der Waals surface area contributed by atoms with Gasteiger partial charge in [-0.2, -0.15) is 0 Å². The molecule has 174 valence electrons. The molecule has 11 heteroatoms. The van der Waals surface area contributed by atoms with E-state index in [9.17, 15) is 19.7 Å². The summed E-state index contributed by atoms with van der Waals surface area (Å²) < 4.78 is 4.96. The van der Waals surface area contributed by atoms with E-state index in [1.165, 1.54) is 19.2 Å². The summed E-state index contributed by atoms with van der Waals surface area (Å²) in [5.41, 5.74) is 1.38. The number of methoxy groups -OCH3 is 1. The normalized spacial score (nSPS) is 13.3. The quantitative estimate of drug-likeness (QED) is 0.375. The first-order valence-corrected chi connectivity index (χ1v) is 10.8. The Morgan fingerprint density at radius 1 is 1.15 bits per heavy atom. The number of nitro groups is 1. The Hall–Kier alpha value is -3.73. The summed E-state index contributed by atoms with van der Waals surface area (Å²) in [6.07, 6.45) is 0.490. The van der Waals surface area contributed by atoms with Crippen molar-refractivity contribution in [2.45, 2.75) is 13.3 Å². The second-order valence-corrected chi connectivity index (χ2v) is 7.70. The number of hydrogen-bond acceptors (Lipinski definition) is 7. The number of thiocarbonyl (C=S) groups is 1. The molecule has 0 aliphatic carbocycles. The third-order valence-corrected chi connectivity index (χ3v) is 5.50. The Balaban J connectivity index is 1.67. The van der Waals surface area contributed by atoms with Crippen molar-refractivity contribution >= 4 is 46.2 Å². The van der Waals surface area contributed by atoms with Gasteiger partial charge >= 0.3 is 5.69 Å². The number of amides is 2. The van der Waals surface area contributed by atoms with Crippen LogP contribution in [0.15, 0.2) is 42.5 Å². The molecule has 33 heavy (non-hydrogen) atoms. The minimum Gasteiger partial charge on any atom is -0.490 e.